The van der Waals surface area contributed by atoms with Gasteiger partial charge in [0.15, 0.2) is 0 Å². The topological polar surface area (TPSA) is 75.3 Å². The van der Waals surface area contributed by atoms with Crippen molar-refractivity contribution < 1.29 is 9.90 Å². The minimum absolute atomic E-state index is 0.00484. The average molecular weight is 268 g/mol. The molecule has 0 aliphatic heterocycles. The van der Waals surface area contributed by atoms with Crippen LogP contribution < -0.4 is 11.1 Å². The number of hydrogen-bond donors (Lipinski definition) is 3. The Kier molecular flexibility index (Phi) is 4.85. The van der Waals surface area contributed by atoms with Crippen LogP contribution in [0.2, 0.25) is 0 Å². The molecule has 2 unspecified atom stereocenters. The zero-order valence-corrected chi connectivity index (χ0v) is 12.0. The third-order valence-electron chi connectivity index (χ3n) is 4.95. The molecule has 1 amide bonds. The molecule has 0 radical (unpaired) electrons. The fraction of sp³-hybridized carbons (Fsp3) is 0.933. The van der Waals surface area contributed by atoms with Gasteiger partial charge in [-0.25, -0.2) is 0 Å². The van der Waals surface area contributed by atoms with Crippen LogP contribution in [0.1, 0.15) is 58.3 Å². The second-order valence-electron chi connectivity index (χ2n) is 6.68. The normalized spacial score (nSPS) is 39.8. The molecule has 0 saturated heterocycles. The van der Waals surface area contributed by atoms with E-state index in [2.05, 4.69) is 12.2 Å². The van der Waals surface area contributed by atoms with Gasteiger partial charge in [0.25, 0.3) is 0 Å². The average Bonchev–Trinajstić information content (AvgIpc) is 2.41. The number of carbonyl (C=O) groups excluding carboxylic acids is 1. The van der Waals surface area contributed by atoms with Crippen LogP contribution >= 0.6 is 0 Å². The van der Waals surface area contributed by atoms with Crippen LogP contribution in [0.15, 0.2) is 0 Å². The maximum Gasteiger partial charge on any atom is 0.224 e. The quantitative estimate of drug-likeness (QED) is 0.727. The van der Waals surface area contributed by atoms with Crippen molar-refractivity contribution >= 4 is 5.91 Å². The first kappa shape index (κ1) is 14.8. The second-order valence-corrected chi connectivity index (χ2v) is 6.68. The highest BCUT2D eigenvalue weighted by Gasteiger charge is 2.34. The molecule has 19 heavy (non-hydrogen) atoms. The first-order valence-corrected chi connectivity index (χ1v) is 7.76. The minimum atomic E-state index is -0.694. The molecule has 0 aromatic carbocycles. The van der Waals surface area contributed by atoms with Crippen LogP contribution in [0.25, 0.3) is 0 Å². The molecule has 2 aliphatic carbocycles. The molecule has 0 heterocycles. The number of aliphatic hydroxyl groups is 1. The first-order chi connectivity index (χ1) is 9.00. The summed E-state index contributed by atoms with van der Waals surface area (Å²) in [6.45, 7) is 2.61. The molecule has 2 atom stereocenters. The molecule has 2 aliphatic rings. The van der Waals surface area contributed by atoms with Gasteiger partial charge in [0.2, 0.25) is 5.91 Å². The standard InChI is InChI=1S/C15H28N2O2/c1-11-6-8-15(19,9-7-11)10-17-14(18)12-4-2-3-5-13(12)16/h11-13,19H,2-10,16H2,1H3,(H,17,18). The molecule has 110 valence electrons. The van der Waals surface area contributed by atoms with E-state index >= 15 is 0 Å². The van der Waals surface area contributed by atoms with Crippen LogP contribution in [-0.2, 0) is 4.79 Å². The van der Waals surface area contributed by atoms with Gasteiger partial charge < -0.3 is 16.2 Å². The highest BCUT2D eigenvalue weighted by molar-refractivity contribution is 5.79. The maximum atomic E-state index is 12.2. The molecule has 4 nitrogen and oxygen atoms in total. The first-order valence-electron chi connectivity index (χ1n) is 7.76. The molecule has 4 heteroatoms. The van der Waals surface area contributed by atoms with Gasteiger partial charge in [-0.3, -0.25) is 4.79 Å². The predicted octanol–water partition coefficient (Wildman–Crippen LogP) is 1.56. The van der Waals surface area contributed by atoms with E-state index in [4.69, 9.17) is 5.73 Å². The fourth-order valence-electron chi connectivity index (χ4n) is 3.34. The zero-order valence-electron chi connectivity index (χ0n) is 12.0. The number of rotatable bonds is 3. The highest BCUT2D eigenvalue weighted by atomic mass is 16.3. The van der Waals surface area contributed by atoms with Crippen molar-refractivity contribution in [3.63, 3.8) is 0 Å². The Morgan fingerprint density at radius 3 is 2.53 bits per heavy atom. The molecule has 2 fully saturated rings. The predicted molar refractivity (Wildman–Crippen MR) is 75.5 cm³/mol. The van der Waals surface area contributed by atoms with E-state index in [9.17, 15) is 9.90 Å². The van der Waals surface area contributed by atoms with E-state index in [1.165, 1.54) is 0 Å². The largest absolute Gasteiger partial charge is 0.388 e. The van der Waals surface area contributed by atoms with Gasteiger partial charge in [0.1, 0.15) is 0 Å². The van der Waals surface area contributed by atoms with E-state index in [-0.39, 0.29) is 17.9 Å². The summed E-state index contributed by atoms with van der Waals surface area (Å²) in [5, 5.41) is 13.4. The number of carbonyl (C=O) groups is 1. The maximum absolute atomic E-state index is 12.2. The van der Waals surface area contributed by atoms with Gasteiger partial charge in [0, 0.05) is 12.6 Å². The van der Waals surface area contributed by atoms with Crippen molar-refractivity contribution in [3.05, 3.63) is 0 Å². The van der Waals surface area contributed by atoms with Crippen molar-refractivity contribution in [3.8, 4) is 0 Å². The lowest BCUT2D eigenvalue weighted by Crippen LogP contribution is -2.49. The zero-order chi connectivity index (χ0) is 13.9. The second kappa shape index (κ2) is 6.23. The van der Waals surface area contributed by atoms with Gasteiger partial charge in [0.05, 0.1) is 11.5 Å². The number of nitrogens with two attached hydrogens (primary N) is 1. The lowest BCUT2D eigenvalue weighted by Gasteiger charge is -2.36. The summed E-state index contributed by atoms with van der Waals surface area (Å²) in [5.41, 5.74) is 5.32. The van der Waals surface area contributed by atoms with Crippen molar-refractivity contribution in [2.45, 2.75) is 69.9 Å². The number of nitrogens with one attached hydrogen (secondary N) is 1. The number of amides is 1. The van der Waals surface area contributed by atoms with Crippen molar-refractivity contribution in [1.82, 2.24) is 5.32 Å². The molecule has 0 aromatic heterocycles. The summed E-state index contributed by atoms with van der Waals surface area (Å²) in [5.74, 6) is 0.682. The van der Waals surface area contributed by atoms with E-state index in [1.807, 2.05) is 0 Å². The summed E-state index contributed by atoms with van der Waals surface area (Å²) >= 11 is 0. The molecule has 0 aromatic rings. The summed E-state index contributed by atoms with van der Waals surface area (Å²) < 4.78 is 0. The molecule has 4 N–H and O–H groups in total. The minimum Gasteiger partial charge on any atom is -0.388 e. The Balaban J connectivity index is 1.79. The molecular weight excluding hydrogens is 240 g/mol. The van der Waals surface area contributed by atoms with Crippen LogP contribution in [0, 0.1) is 11.8 Å². The van der Waals surface area contributed by atoms with Crippen LogP contribution in [0.4, 0.5) is 0 Å². The molecule has 2 rings (SSSR count). The summed E-state index contributed by atoms with van der Waals surface area (Å²) in [7, 11) is 0. The van der Waals surface area contributed by atoms with Gasteiger partial charge in [-0.05, 0) is 44.4 Å². The summed E-state index contributed by atoms with van der Waals surface area (Å²) in [6.07, 6.45) is 7.75. The van der Waals surface area contributed by atoms with Crippen molar-refractivity contribution in [1.29, 1.82) is 0 Å². The Bertz CT molecular complexity index is 311. The Hall–Kier alpha value is -0.610. The van der Waals surface area contributed by atoms with Gasteiger partial charge >= 0.3 is 0 Å². The van der Waals surface area contributed by atoms with Crippen LogP contribution in [0.3, 0.4) is 0 Å². The lowest BCUT2D eigenvalue weighted by atomic mass is 9.79. The molecular formula is C15H28N2O2. The Morgan fingerprint density at radius 1 is 1.26 bits per heavy atom. The number of hydrogen-bond acceptors (Lipinski definition) is 3. The molecule has 0 bridgehead atoms. The van der Waals surface area contributed by atoms with E-state index in [0.29, 0.717) is 12.5 Å². The van der Waals surface area contributed by atoms with Crippen LogP contribution in [0.5, 0.6) is 0 Å². The van der Waals surface area contributed by atoms with Crippen molar-refractivity contribution in [2.24, 2.45) is 17.6 Å². The van der Waals surface area contributed by atoms with Gasteiger partial charge in [-0.2, -0.15) is 0 Å². The van der Waals surface area contributed by atoms with Crippen LogP contribution in [-0.4, -0.2) is 29.2 Å². The van der Waals surface area contributed by atoms with Gasteiger partial charge in [-0.15, -0.1) is 0 Å². The lowest BCUT2D eigenvalue weighted by molar-refractivity contribution is -0.128. The third kappa shape index (κ3) is 3.93. The fourth-order valence-corrected chi connectivity index (χ4v) is 3.34. The van der Waals surface area contributed by atoms with Crippen molar-refractivity contribution in [2.75, 3.05) is 6.54 Å². The van der Waals surface area contributed by atoms with Gasteiger partial charge in [-0.1, -0.05) is 19.8 Å². The Labute approximate surface area is 116 Å². The smallest absolute Gasteiger partial charge is 0.224 e. The Morgan fingerprint density at radius 2 is 1.89 bits per heavy atom. The van der Waals surface area contributed by atoms with E-state index in [0.717, 1.165) is 51.4 Å². The monoisotopic (exact) mass is 268 g/mol. The van der Waals surface area contributed by atoms with E-state index in [1.54, 1.807) is 0 Å². The SMILES string of the molecule is CC1CCC(O)(CNC(=O)C2CCCCC2N)CC1. The third-order valence-corrected chi connectivity index (χ3v) is 4.95. The van der Waals surface area contributed by atoms with E-state index < -0.39 is 5.60 Å². The summed E-state index contributed by atoms with van der Waals surface area (Å²) in [4.78, 5) is 12.2. The molecule has 0 spiro atoms. The summed E-state index contributed by atoms with van der Waals surface area (Å²) in [6, 6.07) is -0.00484. The molecule has 2 saturated carbocycles. The highest BCUT2D eigenvalue weighted by Crippen LogP contribution is 2.31.